The SMILES string of the molecule is FC(F)(F)c1ccc2[nH]c(-c3ccc(-c4ccc(N5CCNCC5)nc4)cc3)nc2c1. The number of nitrogens with zero attached hydrogens (tertiary/aromatic N) is 3. The van der Waals surface area contributed by atoms with Gasteiger partial charge in [0.15, 0.2) is 0 Å². The summed E-state index contributed by atoms with van der Waals surface area (Å²) in [5.41, 5.74) is 2.98. The first-order chi connectivity index (χ1) is 15.0. The van der Waals surface area contributed by atoms with Crippen LogP contribution >= 0.6 is 0 Å². The van der Waals surface area contributed by atoms with Crippen LogP contribution in [-0.2, 0) is 6.18 Å². The summed E-state index contributed by atoms with van der Waals surface area (Å²) < 4.78 is 38.8. The van der Waals surface area contributed by atoms with Crippen molar-refractivity contribution >= 4 is 16.9 Å². The molecule has 4 aromatic rings. The lowest BCUT2D eigenvalue weighted by Crippen LogP contribution is -2.43. The van der Waals surface area contributed by atoms with Crippen molar-refractivity contribution in [3.05, 3.63) is 66.4 Å². The highest BCUT2D eigenvalue weighted by Gasteiger charge is 2.30. The molecule has 0 aliphatic carbocycles. The molecule has 31 heavy (non-hydrogen) atoms. The lowest BCUT2D eigenvalue weighted by molar-refractivity contribution is -0.137. The van der Waals surface area contributed by atoms with Crippen LogP contribution in [0, 0.1) is 0 Å². The van der Waals surface area contributed by atoms with E-state index in [9.17, 15) is 13.2 Å². The largest absolute Gasteiger partial charge is 0.416 e. The number of fused-ring (bicyclic) bond motifs is 1. The smallest absolute Gasteiger partial charge is 0.354 e. The average molecular weight is 423 g/mol. The minimum absolute atomic E-state index is 0.293. The van der Waals surface area contributed by atoms with Crippen LogP contribution in [0.2, 0.25) is 0 Å². The number of imidazole rings is 1. The third-order valence-electron chi connectivity index (χ3n) is 5.49. The van der Waals surface area contributed by atoms with Crippen LogP contribution in [0.5, 0.6) is 0 Å². The fourth-order valence-electron chi connectivity index (χ4n) is 3.78. The van der Waals surface area contributed by atoms with E-state index in [2.05, 4.69) is 31.2 Å². The number of hydrogen-bond donors (Lipinski definition) is 2. The molecule has 0 radical (unpaired) electrons. The zero-order chi connectivity index (χ0) is 21.4. The first-order valence-electron chi connectivity index (χ1n) is 10.1. The van der Waals surface area contributed by atoms with Crippen molar-refractivity contribution in [1.29, 1.82) is 0 Å². The number of alkyl halides is 3. The third kappa shape index (κ3) is 3.98. The third-order valence-corrected chi connectivity index (χ3v) is 5.49. The van der Waals surface area contributed by atoms with Gasteiger partial charge in [-0.15, -0.1) is 0 Å². The molecule has 2 N–H and O–H groups in total. The van der Waals surface area contributed by atoms with Crippen LogP contribution in [0.1, 0.15) is 5.56 Å². The van der Waals surface area contributed by atoms with Crippen LogP contribution in [-0.4, -0.2) is 41.1 Å². The molecule has 1 fully saturated rings. The maximum absolute atomic E-state index is 12.9. The summed E-state index contributed by atoms with van der Waals surface area (Å²) >= 11 is 0. The molecular formula is C23H20F3N5. The van der Waals surface area contributed by atoms with Gasteiger partial charge in [0.2, 0.25) is 0 Å². The predicted molar refractivity (Wildman–Crippen MR) is 115 cm³/mol. The average Bonchev–Trinajstić information content (AvgIpc) is 3.23. The number of hydrogen-bond acceptors (Lipinski definition) is 4. The number of benzene rings is 2. The number of rotatable bonds is 3. The summed E-state index contributed by atoms with van der Waals surface area (Å²) in [6.07, 6.45) is -2.52. The normalized spacial score (nSPS) is 14.9. The number of H-pyrrole nitrogens is 1. The van der Waals surface area contributed by atoms with Crippen LogP contribution in [0.15, 0.2) is 60.8 Å². The Kier molecular flexibility index (Phi) is 4.86. The number of aromatic nitrogens is 3. The van der Waals surface area contributed by atoms with Gasteiger partial charge in [0.25, 0.3) is 0 Å². The Morgan fingerprint density at radius 2 is 1.55 bits per heavy atom. The molecule has 1 aliphatic rings. The molecule has 1 aliphatic heterocycles. The Balaban J connectivity index is 1.37. The summed E-state index contributed by atoms with van der Waals surface area (Å²) in [7, 11) is 0. The highest BCUT2D eigenvalue weighted by Crippen LogP contribution is 2.32. The molecule has 0 bridgehead atoms. The van der Waals surface area contributed by atoms with Gasteiger partial charge >= 0.3 is 6.18 Å². The molecule has 5 nitrogen and oxygen atoms in total. The van der Waals surface area contributed by atoms with Crippen LogP contribution in [0.25, 0.3) is 33.5 Å². The standard InChI is InChI=1S/C23H20F3N5/c24-23(25,26)18-6-7-19-20(13-18)30-22(29-19)16-3-1-15(2-4-16)17-5-8-21(28-14-17)31-11-9-27-10-12-31/h1-8,13-14,27H,9-12H2,(H,29,30). The fraction of sp³-hybridized carbons (Fsp3) is 0.217. The van der Waals surface area contributed by atoms with E-state index in [-0.39, 0.29) is 0 Å². The molecule has 0 unspecified atom stereocenters. The second-order valence-electron chi connectivity index (χ2n) is 7.53. The number of pyridine rings is 1. The maximum atomic E-state index is 12.9. The minimum Gasteiger partial charge on any atom is -0.354 e. The van der Waals surface area contributed by atoms with E-state index in [1.807, 2.05) is 36.5 Å². The van der Waals surface area contributed by atoms with Crippen molar-refractivity contribution in [3.63, 3.8) is 0 Å². The number of piperazine rings is 1. The monoisotopic (exact) mass is 423 g/mol. The molecule has 1 saturated heterocycles. The van der Waals surface area contributed by atoms with Gasteiger partial charge in [0.1, 0.15) is 11.6 Å². The van der Waals surface area contributed by atoms with E-state index in [1.54, 1.807) is 0 Å². The Morgan fingerprint density at radius 3 is 2.23 bits per heavy atom. The first-order valence-corrected chi connectivity index (χ1v) is 10.1. The molecule has 3 heterocycles. The van der Waals surface area contributed by atoms with E-state index in [0.717, 1.165) is 60.8 Å². The molecule has 8 heteroatoms. The quantitative estimate of drug-likeness (QED) is 0.501. The molecule has 0 amide bonds. The molecule has 0 saturated carbocycles. The highest BCUT2D eigenvalue weighted by atomic mass is 19.4. The van der Waals surface area contributed by atoms with Crippen LogP contribution < -0.4 is 10.2 Å². The van der Waals surface area contributed by atoms with E-state index < -0.39 is 11.7 Å². The summed E-state index contributed by atoms with van der Waals surface area (Å²) in [6.45, 7) is 3.82. The van der Waals surface area contributed by atoms with Crippen molar-refractivity contribution in [2.75, 3.05) is 31.1 Å². The van der Waals surface area contributed by atoms with Gasteiger partial charge in [-0.3, -0.25) is 0 Å². The van der Waals surface area contributed by atoms with Gasteiger partial charge in [0.05, 0.1) is 16.6 Å². The zero-order valence-corrected chi connectivity index (χ0v) is 16.6. The van der Waals surface area contributed by atoms with Crippen LogP contribution in [0.3, 0.4) is 0 Å². The molecule has 2 aromatic carbocycles. The lowest BCUT2D eigenvalue weighted by atomic mass is 10.1. The summed E-state index contributed by atoms with van der Waals surface area (Å²) in [5.74, 6) is 1.51. The second kappa shape index (κ2) is 7.70. The second-order valence-corrected chi connectivity index (χ2v) is 7.53. The molecule has 158 valence electrons. The Labute approximate surface area is 177 Å². The fourth-order valence-corrected chi connectivity index (χ4v) is 3.78. The van der Waals surface area contributed by atoms with E-state index in [1.165, 1.54) is 6.07 Å². The van der Waals surface area contributed by atoms with Gasteiger partial charge < -0.3 is 15.2 Å². The highest BCUT2D eigenvalue weighted by molar-refractivity contribution is 5.80. The molecule has 5 rings (SSSR count). The van der Waals surface area contributed by atoms with Crippen LogP contribution in [0.4, 0.5) is 19.0 Å². The van der Waals surface area contributed by atoms with Gasteiger partial charge in [-0.25, -0.2) is 9.97 Å². The molecule has 2 aromatic heterocycles. The van der Waals surface area contributed by atoms with E-state index in [0.29, 0.717) is 16.9 Å². The van der Waals surface area contributed by atoms with Crippen molar-refractivity contribution < 1.29 is 13.2 Å². The van der Waals surface area contributed by atoms with Gasteiger partial charge in [-0.05, 0) is 35.9 Å². The molecular weight excluding hydrogens is 403 g/mol. The summed E-state index contributed by atoms with van der Waals surface area (Å²) in [4.78, 5) is 14.3. The Bertz CT molecular complexity index is 1190. The lowest BCUT2D eigenvalue weighted by Gasteiger charge is -2.28. The van der Waals surface area contributed by atoms with Gasteiger partial charge in [0, 0.05) is 43.5 Å². The van der Waals surface area contributed by atoms with Crippen molar-refractivity contribution in [2.45, 2.75) is 6.18 Å². The maximum Gasteiger partial charge on any atom is 0.416 e. The van der Waals surface area contributed by atoms with Crippen molar-refractivity contribution in [3.8, 4) is 22.5 Å². The zero-order valence-electron chi connectivity index (χ0n) is 16.6. The number of anilines is 1. The van der Waals surface area contributed by atoms with Gasteiger partial charge in [-0.2, -0.15) is 13.2 Å². The van der Waals surface area contributed by atoms with Gasteiger partial charge in [-0.1, -0.05) is 24.3 Å². The Morgan fingerprint density at radius 1 is 0.839 bits per heavy atom. The molecule has 0 atom stereocenters. The number of nitrogens with one attached hydrogen (secondary N) is 2. The predicted octanol–water partition coefficient (Wildman–Crippen LogP) is 4.72. The first kappa shape index (κ1) is 19.6. The number of halogens is 3. The summed E-state index contributed by atoms with van der Waals surface area (Å²) in [6, 6.07) is 15.4. The minimum atomic E-state index is -4.39. The Hall–Kier alpha value is -3.39. The van der Waals surface area contributed by atoms with E-state index in [4.69, 9.17) is 0 Å². The topological polar surface area (TPSA) is 56.8 Å². The van der Waals surface area contributed by atoms with Crippen molar-refractivity contribution in [2.24, 2.45) is 0 Å². The number of aromatic amines is 1. The van der Waals surface area contributed by atoms with Crippen molar-refractivity contribution in [1.82, 2.24) is 20.3 Å². The molecule has 0 spiro atoms. The van der Waals surface area contributed by atoms with E-state index >= 15 is 0 Å². The summed E-state index contributed by atoms with van der Waals surface area (Å²) in [5, 5.41) is 3.33.